The lowest BCUT2D eigenvalue weighted by molar-refractivity contribution is -0.160. The van der Waals surface area contributed by atoms with Gasteiger partial charge in [0.05, 0.1) is 6.04 Å². The number of likely N-dealkylation sites (tertiary alicyclic amines) is 1. The van der Waals surface area contributed by atoms with Gasteiger partial charge in [0.2, 0.25) is 11.8 Å². The zero-order valence-electron chi connectivity index (χ0n) is 24.3. The van der Waals surface area contributed by atoms with E-state index < -0.39 is 60.1 Å². The number of hydrogen-bond acceptors (Lipinski definition) is 8. The number of rotatable bonds is 10. The van der Waals surface area contributed by atoms with Crippen LogP contribution < -0.4 is 10.6 Å². The molecule has 1 aliphatic heterocycles. The largest absolute Gasteiger partial charge is 0.479 e. The van der Waals surface area contributed by atoms with Gasteiger partial charge in [0, 0.05) is 6.54 Å². The molecule has 40 heavy (non-hydrogen) atoms. The molecule has 0 radical (unpaired) electrons. The number of carbonyl (C=O) groups is 6. The maximum atomic E-state index is 14.1. The summed E-state index contributed by atoms with van der Waals surface area (Å²) in [6, 6.07) is -2.99. The summed E-state index contributed by atoms with van der Waals surface area (Å²) in [6.07, 6.45) is 3.82. The van der Waals surface area contributed by atoms with Gasteiger partial charge in [-0.3, -0.25) is 14.4 Å². The number of carboxylic acid groups (broad SMARTS) is 1. The first kappa shape index (κ1) is 31.3. The maximum Gasteiger partial charge on any atom is 0.408 e. The molecule has 3 rings (SSSR count). The number of amides is 3. The molecule has 0 aromatic heterocycles. The molecule has 2 unspecified atom stereocenters. The highest BCUT2D eigenvalue weighted by Gasteiger charge is 2.69. The second-order valence-electron chi connectivity index (χ2n) is 12.7. The first-order valence-electron chi connectivity index (χ1n) is 14.1. The molecule has 3 amide bonds. The maximum absolute atomic E-state index is 14.1. The number of ether oxygens (including phenoxy) is 2. The summed E-state index contributed by atoms with van der Waals surface area (Å²) in [5.74, 6) is -4.94. The van der Waals surface area contributed by atoms with Gasteiger partial charge in [0.25, 0.3) is 5.78 Å². The van der Waals surface area contributed by atoms with Crippen LogP contribution in [0.3, 0.4) is 0 Å². The zero-order chi connectivity index (χ0) is 30.0. The fourth-order valence-corrected chi connectivity index (χ4v) is 6.23. The minimum absolute atomic E-state index is 0.0653. The molecular formula is C28H43N3O9. The van der Waals surface area contributed by atoms with Crippen molar-refractivity contribution in [3.05, 3.63) is 0 Å². The van der Waals surface area contributed by atoms with E-state index in [4.69, 9.17) is 9.84 Å². The topological polar surface area (TPSA) is 168 Å². The molecule has 0 spiro atoms. The Bertz CT molecular complexity index is 1030. The van der Waals surface area contributed by atoms with Gasteiger partial charge in [-0.05, 0) is 63.2 Å². The van der Waals surface area contributed by atoms with Gasteiger partial charge in [0.15, 0.2) is 6.61 Å². The third kappa shape index (κ3) is 7.11. The first-order valence-corrected chi connectivity index (χ1v) is 14.1. The summed E-state index contributed by atoms with van der Waals surface area (Å²) in [5.41, 5.74) is -0.955. The third-order valence-electron chi connectivity index (χ3n) is 8.39. The van der Waals surface area contributed by atoms with Gasteiger partial charge in [-0.1, -0.05) is 40.0 Å². The number of carboxylic acids is 1. The average molecular weight is 566 g/mol. The molecule has 0 aromatic carbocycles. The second kappa shape index (κ2) is 12.1. The van der Waals surface area contributed by atoms with Crippen molar-refractivity contribution in [1.82, 2.24) is 15.5 Å². The number of fused-ring (bicyclic) bond motifs is 1. The Morgan fingerprint density at radius 1 is 1.02 bits per heavy atom. The molecular weight excluding hydrogens is 522 g/mol. The number of hydrogen-bond donors (Lipinski definition) is 3. The monoisotopic (exact) mass is 565 g/mol. The molecule has 5 atom stereocenters. The van der Waals surface area contributed by atoms with Crippen LogP contribution in [0.1, 0.15) is 80.1 Å². The lowest BCUT2D eigenvalue weighted by atomic mass is 9.83. The SMILES string of the molecule is CCC(NC(=O)[C@@H]1[C@@H]2C(CN1C(=O)[C@@H](NC(=O)OC(C)(C)C)C1CCCCC1)C2(C)C)C(=O)C(=O)OCC(=O)O. The fraction of sp³-hybridized carbons (Fsp3) is 0.786. The van der Waals surface area contributed by atoms with E-state index in [1.54, 1.807) is 27.7 Å². The predicted octanol–water partition coefficient (Wildman–Crippen LogP) is 2.03. The lowest BCUT2D eigenvalue weighted by Crippen LogP contribution is -2.59. The van der Waals surface area contributed by atoms with Gasteiger partial charge in [-0.25, -0.2) is 14.4 Å². The summed E-state index contributed by atoms with van der Waals surface area (Å²) in [5, 5.41) is 14.1. The van der Waals surface area contributed by atoms with E-state index in [1.807, 2.05) is 13.8 Å². The van der Waals surface area contributed by atoms with Crippen LogP contribution in [0.4, 0.5) is 4.79 Å². The van der Waals surface area contributed by atoms with Crippen molar-refractivity contribution < 1.29 is 43.3 Å². The normalized spacial score (nSPS) is 25.1. The smallest absolute Gasteiger partial charge is 0.408 e. The van der Waals surface area contributed by atoms with Gasteiger partial charge < -0.3 is 30.1 Å². The van der Waals surface area contributed by atoms with E-state index in [0.29, 0.717) is 6.54 Å². The van der Waals surface area contributed by atoms with E-state index in [1.165, 1.54) is 4.90 Å². The Balaban J connectivity index is 1.81. The summed E-state index contributed by atoms with van der Waals surface area (Å²) in [7, 11) is 0. The first-order chi connectivity index (χ1) is 18.6. The standard InChI is InChI=1S/C28H43N3O9/c1-7-17(22(34)25(37)39-14-18(32)33)29-23(35)21-19-16(28(19,5)6)13-31(21)24(36)20(15-11-9-8-10-12-15)30-26(38)40-27(2,3)4/h15-17,19-21H,7-14H2,1-6H3,(H,29,35)(H,30,38)(H,32,33)/t16?,17?,19-,20-,21-/m0/s1. The highest BCUT2D eigenvalue weighted by molar-refractivity contribution is 6.36. The van der Waals surface area contributed by atoms with E-state index in [9.17, 15) is 28.8 Å². The number of aliphatic carboxylic acids is 1. The van der Waals surface area contributed by atoms with E-state index in [2.05, 4.69) is 15.4 Å². The molecule has 1 heterocycles. The van der Waals surface area contributed by atoms with Crippen molar-refractivity contribution in [3.63, 3.8) is 0 Å². The molecule has 3 aliphatic rings. The van der Waals surface area contributed by atoms with E-state index >= 15 is 0 Å². The summed E-state index contributed by atoms with van der Waals surface area (Å²) >= 11 is 0. The van der Waals surface area contributed by atoms with Gasteiger partial charge in [-0.2, -0.15) is 0 Å². The Kier molecular flexibility index (Phi) is 9.51. The van der Waals surface area contributed by atoms with Crippen LogP contribution in [0.5, 0.6) is 0 Å². The molecule has 2 saturated carbocycles. The number of nitrogens with zero attached hydrogens (tertiary/aromatic N) is 1. The minimum Gasteiger partial charge on any atom is -0.479 e. The van der Waals surface area contributed by atoms with Crippen molar-refractivity contribution in [3.8, 4) is 0 Å². The predicted molar refractivity (Wildman–Crippen MR) is 142 cm³/mol. The molecule has 2 aliphatic carbocycles. The summed E-state index contributed by atoms with van der Waals surface area (Å²) in [4.78, 5) is 77.3. The number of alkyl carbamates (subject to hydrolysis) is 1. The third-order valence-corrected chi connectivity index (χ3v) is 8.39. The lowest BCUT2D eigenvalue weighted by Gasteiger charge is -2.37. The Morgan fingerprint density at radius 3 is 2.20 bits per heavy atom. The van der Waals surface area contributed by atoms with Gasteiger partial charge in [-0.15, -0.1) is 0 Å². The molecule has 0 bridgehead atoms. The van der Waals surface area contributed by atoms with Crippen molar-refractivity contribution in [1.29, 1.82) is 0 Å². The molecule has 3 fully saturated rings. The van der Waals surface area contributed by atoms with E-state index in [-0.39, 0.29) is 35.5 Å². The van der Waals surface area contributed by atoms with Crippen LogP contribution in [0.15, 0.2) is 0 Å². The van der Waals surface area contributed by atoms with Crippen molar-refractivity contribution in [2.75, 3.05) is 13.2 Å². The van der Waals surface area contributed by atoms with Crippen LogP contribution >= 0.6 is 0 Å². The number of carbonyl (C=O) groups excluding carboxylic acids is 5. The number of piperidine rings is 1. The van der Waals surface area contributed by atoms with Gasteiger partial charge in [0.1, 0.15) is 17.7 Å². The molecule has 3 N–H and O–H groups in total. The number of Topliss-reactive ketones (excluding diaryl/α,β-unsaturated/α-hetero) is 1. The molecule has 12 nitrogen and oxygen atoms in total. The number of esters is 1. The quantitative estimate of drug-likeness (QED) is 0.265. The summed E-state index contributed by atoms with van der Waals surface area (Å²) < 4.78 is 9.93. The minimum atomic E-state index is -1.41. The average Bonchev–Trinajstić information content (AvgIpc) is 3.20. The Morgan fingerprint density at radius 2 is 1.65 bits per heavy atom. The van der Waals surface area contributed by atoms with Crippen LogP contribution in [0, 0.1) is 23.2 Å². The van der Waals surface area contributed by atoms with Crippen molar-refractivity contribution in [2.45, 2.75) is 104 Å². The molecule has 224 valence electrons. The summed E-state index contributed by atoms with van der Waals surface area (Å²) in [6.45, 7) is 10.2. The second-order valence-corrected chi connectivity index (χ2v) is 12.7. The van der Waals surface area contributed by atoms with Crippen molar-refractivity contribution >= 4 is 35.6 Å². The van der Waals surface area contributed by atoms with Crippen LogP contribution in [0.25, 0.3) is 0 Å². The van der Waals surface area contributed by atoms with Crippen molar-refractivity contribution in [2.24, 2.45) is 23.2 Å². The van der Waals surface area contributed by atoms with Crippen LogP contribution in [-0.4, -0.2) is 82.5 Å². The molecule has 0 aromatic rings. The van der Waals surface area contributed by atoms with Gasteiger partial charge >= 0.3 is 18.0 Å². The Hall–Kier alpha value is -3.18. The Labute approximate surface area is 234 Å². The highest BCUT2D eigenvalue weighted by atomic mass is 16.6. The van der Waals surface area contributed by atoms with Crippen LogP contribution in [-0.2, 0) is 33.4 Å². The number of ketones is 1. The highest BCUT2D eigenvalue weighted by Crippen LogP contribution is 2.65. The molecule has 1 saturated heterocycles. The fourth-order valence-electron chi connectivity index (χ4n) is 6.23. The zero-order valence-corrected chi connectivity index (χ0v) is 24.3. The number of nitrogens with one attached hydrogen (secondary N) is 2. The van der Waals surface area contributed by atoms with E-state index in [0.717, 1.165) is 32.1 Å². The van der Waals surface area contributed by atoms with Crippen LogP contribution in [0.2, 0.25) is 0 Å². The molecule has 12 heteroatoms.